The maximum absolute atomic E-state index is 13.4. The number of rotatable bonds is 6. The van der Waals surface area contributed by atoms with Gasteiger partial charge in [-0.1, -0.05) is 24.3 Å². The first kappa shape index (κ1) is 24.1. The fourth-order valence-corrected chi connectivity index (χ4v) is 7.58. The minimum atomic E-state index is -1.01. The lowest BCUT2D eigenvalue weighted by atomic mass is 9.48. The number of phenols is 1. The number of ether oxygens (including phenoxy) is 2. The summed E-state index contributed by atoms with van der Waals surface area (Å²) in [5, 5.41) is 23.3. The molecular weight excluding hydrogens is 468 g/mol. The molecule has 0 radical (unpaired) electrons. The van der Waals surface area contributed by atoms with Crippen LogP contribution < -0.4 is 9.47 Å². The highest BCUT2D eigenvalue weighted by Gasteiger charge is 2.73. The van der Waals surface area contributed by atoms with Crippen LogP contribution in [0.3, 0.4) is 0 Å². The van der Waals surface area contributed by atoms with Gasteiger partial charge in [-0.25, -0.2) is 0 Å². The number of phenolic OH excluding ortho intramolecular Hbond substituents is 1. The van der Waals surface area contributed by atoms with Crippen LogP contribution in [0, 0.1) is 0 Å². The Morgan fingerprint density at radius 1 is 1.32 bits per heavy atom. The largest absolute Gasteiger partial charge is 0.504 e. The molecule has 4 aliphatic rings. The molecule has 5 atom stereocenters. The van der Waals surface area contributed by atoms with Crippen molar-refractivity contribution in [2.75, 3.05) is 27.2 Å². The smallest absolute Gasteiger partial charge is 0.246 e. The lowest BCUT2D eigenvalue weighted by Crippen LogP contribution is -2.78. The topological polar surface area (TPSA) is 82.5 Å². The number of hydrogen-bond acceptors (Lipinski definition) is 6. The lowest BCUT2D eigenvalue weighted by molar-refractivity contribution is -0.198. The fraction of sp³-hybridized carbons (Fsp3) is 0.433. The minimum Gasteiger partial charge on any atom is -0.504 e. The van der Waals surface area contributed by atoms with Gasteiger partial charge in [0.15, 0.2) is 11.5 Å². The number of hydrogen-bond donors (Lipinski definition) is 2. The van der Waals surface area contributed by atoms with E-state index < -0.39 is 17.1 Å². The number of carbonyl (C=O) groups is 1. The number of nitrogens with zero attached hydrogens (tertiary/aromatic N) is 2. The van der Waals surface area contributed by atoms with E-state index in [1.54, 1.807) is 30.2 Å². The normalized spacial score (nSPS) is 31.5. The highest BCUT2D eigenvalue weighted by molar-refractivity contribution is 5.92. The van der Waals surface area contributed by atoms with Crippen LogP contribution in [0.15, 0.2) is 55.1 Å². The third-order valence-electron chi connectivity index (χ3n) is 9.26. The second kappa shape index (κ2) is 8.64. The highest BCUT2D eigenvalue weighted by Crippen LogP contribution is 2.65. The van der Waals surface area contributed by atoms with E-state index in [4.69, 9.17) is 9.47 Å². The van der Waals surface area contributed by atoms with Gasteiger partial charge in [-0.05, 0) is 67.6 Å². The first-order chi connectivity index (χ1) is 17.8. The Kier molecular flexibility index (Phi) is 5.62. The number of aromatic hydroxyl groups is 1. The molecule has 37 heavy (non-hydrogen) atoms. The fourth-order valence-electron chi connectivity index (χ4n) is 7.58. The molecule has 2 heterocycles. The zero-order chi connectivity index (χ0) is 25.9. The Labute approximate surface area is 217 Å². The van der Waals surface area contributed by atoms with Gasteiger partial charge in [-0.2, -0.15) is 0 Å². The van der Waals surface area contributed by atoms with Gasteiger partial charge in [-0.15, -0.1) is 6.58 Å². The molecular formula is C30H34N2O5. The molecule has 2 aliphatic heterocycles. The Bertz CT molecular complexity index is 1290. The van der Waals surface area contributed by atoms with Gasteiger partial charge in [0, 0.05) is 31.3 Å². The quantitative estimate of drug-likeness (QED) is 0.466. The highest BCUT2D eigenvalue weighted by atomic mass is 16.5. The molecule has 1 spiro atoms. The van der Waals surface area contributed by atoms with Crippen molar-refractivity contribution in [3.63, 3.8) is 0 Å². The van der Waals surface area contributed by atoms with Crippen LogP contribution in [0.4, 0.5) is 0 Å². The maximum Gasteiger partial charge on any atom is 0.246 e. The average Bonchev–Trinajstić information content (AvgIpc) is 3.26. The summed E-state index contributed by atoms with van der Waals surface area (Å²) in [4.78, 5) is 17.4. The van der Waals surface area contributed by atoms with E-state index in [-0.39, 0.29) is 23.7 Å². The first-order valence-corrected chi connectivity index (χ1v) is 13.0. The zero-order valence-electron chi connectivity index (χ0n) is 21.4. The van der Waals surface area contributed by atoms with Crippen molar-refractivity contribution < 1.29 is 24.5 Å². The second-order valence-corrected chi connectivity index (χ2v) is 10.8. The molecule has 2 bridgehead atoms. The van der Waals surface area contributed by atoms with Gasteiger partial charge < -0.3 is 24.6 Å². The Hall–Kier alpha value is -3.29. The number of methoxy groups -OCH3 is 1. The number of amides is 1. The van der Waals surface area contributed by atoms with Gasteiger partial charge >= 0.3 is 0 Å². The van der Waals surface area contributed by atoms with Crippen molar-refractivity contribution >= 4 is 12.0 Å². The SMILES string of the molecule is C=CCN1CC[C@]23c4c5ccc(O)c4O[C@H]2[C@H](N(C)C(=O)C=Cc2cccc(OC)c2)CC[C@@]3(O)[C@H]1C5. The molecule has 2 N–H and O–H groups in total. The Morgan fingerprint density at radius 2 is 2.16 bits per heavy atom. The van der Waals surface area contributed by atoms with Crippen LogP contribution >= 0.6 is 0 Å². The van der Waals surface area contributed by atoms with E-state index in [0.717, 1.165) is 29.0 Å². The third-order valence-corrected chi connectivity index (χ3v) is 9.26. The molecule has 2 aliphatic carbocycles. The average molecular weight is 503 g/mol. The molecule has 2 aromatic rings. The predicted octanol–water partition coefficient (Wildman–Crippen LogP) is 3.28. The van der Waals surface area contributed by atoms with Crippen LogP contribution in [0.2, 0.25) is 0 Å². The molecule has 1 saturated heterocycles. The summed E-state index contributed by atoms with van der Waals surface area (Å²) in [6.45, 7) is 5.44. The number of likely N-dealkylation sites (N-methyl/N-ethyl adjacent to an activating group) is 1. The van der Waals surface area contributed by atoms with Crippen LogP contribution in [-0.4, -0.2) is 77.0 Å². The van der Waals surface area contributed by atoms with Crippen molar-refractivity contribution in [3.05, 3.63) is 71.8 Å². The first-order valence-electron chi connectivity index (χ1n) is 13.0. The summed E-state index contributed by atoms with van der Waals surface area (Å²) in [7, 11) is 3.43. The van der Waals surface area contributed by atoms with Crippen molar-refractivity contribution in [2.24, 2.45) is 0 Å². The summed E-state index contributed by atoms with van der Waals surface area (Å²) in [6, 6.07) is 10.9. The number of likely N-dealkylation sites (tertiary alicyclic amines) is 1. The summed E-state index contributed by atoms with van der Waals surface area (Å²) in [5.41, 5.74) is 1.26. The van der Waals surface area contributed by atoms with Crippen molar-refractivity contribution in [3.8, 4) is 17.2 Å². The van der Waals surface area contributed by atoms with Gasteiger partial charge in [0.1, 0.15) is 11.9 Å². The minimum absolute atomic E-state index is 0.0664. The zero-order valence-corrected chi connectivity index (χ0v) is 21.4. The van der Waals surface area contributed by atoms with Crippen molar-refractivity contribution in [2.45, 2.75) is 54.9 Å². The molecule has 0 aromatic heterocycles. The molecule has 2 fully saturated rings. The van der Waals surface area contributed by atoms with Crippen molar-refractivity contribution in [1.82, 2.24) is 9.80 Å². The molecule has 0 unspecified atom stereocenters. The van der Waals surface area contributed by atoms with Gasteiger partial charge in [0.05, 0.1) is 24.2 Å². The van der Waals surface area contributed by atoms with Crippen LogP contribution in [0.25, 0.3) is 6.08 Å². The number of piperidine rings is 1. The van der Waals surface area contributed by atoms with Gasteiger partial charge in [0.25, 0.3) is 0 Å². The molecule has 6 rings (SSSR count). The maximum atomic E-state index is 13.4. The molecule has 1 saturated carbocycles. The molecule has 2 aromatic carbocycles. The van der Waals surface area contributed by atoms with Crippen LogP contribution in [-0.2, 0) is 16.6 Å². The van der Waals surface area contributed by atoms with E-state index in [9.17, 15) is 15.0 Å². The van der Waals surface area contributed by atoms with Crippen molar-refractivity contribution in [1.29, 1.82) is 0 Å². The summed E-state index contributed by atoms with van der Waals surface area (Å²) >= 11 is 0. The number of benzene rings is 2. The van der Waals surface area contributed by atoms with E-state index in [2.05, 4.69) is 11.5 Å². The van der Waals surface area contributed by atoms with Crippen LogP contribution in [0.5, 0.6) is 17.2 Å². The summed E-state index contributed by atoms with van der Waals surface area (Å²) in [5.74, 6) is 1.19. The molecule has 7 nitrogen and oxygen atoms in total. The van der Waals surface area contributed by atoms with Crippen LogP contribution in [0.1, 0.15) is 36.0 Å². The van der Waals surface area contributed by atoms with Gasteiger partial charge in [0.2, 0.25) is 5.91 Å². The summed E-state index contributed by atoms with van der Waals surface area (Å²) < 4.78 is 11.9. The monoisotopic (exact) mass is 502 g/mol. The summed E-state index contributed by atoms with van der Waals surface area (Å²) in [6.07, 6.45) is 7.39. The van der Waals surface area contributed by atoms with E-state index >= 15 is 0 Å². The standard InChI is InChI=1S/C30H34N2O5/c1-4-15-32-16-14-29-26-20-9-10-23(33)27(26)37-28(29)22(12-13-30(29,35)24(32)18-20)31(2)25(34)11-8-19-6-5-7-21(17-19)36-3/h4-11,17,22,24,28,33,35H,1,12-16,18H2,2-3H3/t22-,24-,28+,29+,30-/m1/s1. The molecule has 1 amide bonds. The lowest BCUT2D eigenvalue weighted by Gasteiger charge is -2.64. The van der Waals surface area contributed by atoms with E-state index in [1.165, 1.54) is 0 Å². The Morgan fingerprint density at radius 3 is 2.95 bits per heavy atom. The molecule has 194 valence electrons. The molecule has 7 heteroatoms. The number of aliphatic hydroxyl groups is 1. The Balaban J connectivity index is 1.36. The number of carbonyl (C=O) groups excluding carboxylic acids is 1. The second-order valence-electron chi connectivity index (χ2n) is 10.8. The predicted molar refractivity (Wildman–Crippen MR) is 141 cm³/mol. The van der Waals surface area contributed by atoms with E-state index in [1.807, 2.05) is 43.5 Å². The third kappa shape index (κ3) is 3.30. The van der Waals surface area contributed by atoms with E-state index in [0.29, 0.717) is 38.0 Å². The van der Waals surface area contributed by atoms with Gasteiger partial charge in [-0.3, -0.25) is 9.69 Å².